The van der Waals surface area contributed by atoms with Gasteiger partial charge < -0.3 is 5.11 Å². The molecule has 0 aromatic carbocycles. The summed E-state index contributed by atoms with van der Waals surface area (Å²) in [5.74, 6) is 0. The summed E-state index contributed by atoms with van der Waals surface area (Å²) in [4.78, 5) is 1.01. The molecule has 1 heterocycles. The molecule has 1 unspecified atom stereocenters. The van der Waals surface area contributed by atoms with Crippen molar-refractivity contribution in [3.8, 4) is 0 Å². The van der Waals surface area contributed by atoms with Gasteiger partial charge in [0.25, 0.3) is 0 Å². The molecule has 4 heteroatoms. The van der Waals surface area contributed by atoms with Gasteiger partial charge in [-0.25, -0.2) is 0 Å². The summed E-state index contributed by atoms with van der Waals surface area (Å²) >= 11 is 5.01. The van der Waals surface area contributed by atoms with Gasteiger partial charge in [0.15, 0.2) is 0 Å². The van der Waals surface area contributed by atoms with E-state index in [1.807, 2.05) is 6.92 Å². The van der Waals surface area contributed by atoms with Crippen molar-refractivity contribution in [2.75, 3.05) is 0 Å². The molecule has 0 aliphatic carbocycles. The largest absolute Gasteiger partial charge is 0.388 e. The van der Waals surface area contributed by atoms with Gasteiger partial charge in [0.1, 0.15) is 3.82 Å². The standard InChI is InChI=1S/C6H8OS3/c1-3-5(4(2)7)9-10-6(3)8/h4,7H,1-2H3. The van der Waals surface area contributed by atoms with E-state index in [1.54, 1.807) is 27.6 Å². The third-order valence-electron chi connectivity index (χ3n) is 1.26. The molecule has 0 amide bonds. The van der Waals surface area contributed by atoms with Gasteiger partial charge in [-0.15, -0.1) is 0 Å². The summed E-state index contributed by atoms with van der Waals surface area (Å²) < 4.78 is 0.904. The maximum absolute atomic E-state index is 9.19. The second-order valence-electron chi connectivity index (χ2n) is 2.12. The molecule has 1 N–H and O–H groups in total. The first-order chi connectivity index (χ1) is 4.63. The van der Waals surface area contributed by atoms with Crippen LogP contribution in [0.1, 0.15) is 23.5 Å². The van der Waals surface area contributed by atoms with Crippen LogP contribution in [0.4, 0.5) is 0 Å². The Morgan fingerprint density at radius 3 is 2.30 bits per heavy atom. The van der Waals surface area contributed by atoms with Crippen LogP contribution in [0.3, 0.4) is 0 Å². The van der Waals surface area contributed by atoms with E-state index < -0.39 is 0 Å². The Balaban J connectivity index is 3.18. The topological polar surface area (TPSA) is 20.2 Å². The molecular weight excluding hydrogens is 184 g/mol. The summed E-state index contributed by atoms with van der Waals surface area (Å²) in [6.45, 7) is 3.72. The summed E-state index contributed by atoms with van der Waals surface area (Å²) in [7, 11) is 3.13. The highest BCUT2D eigenvalue weighted by atomic mass is 32.9. The monoisotopic (exact) mass is 192 g/mol. The zero-order chi connectivity index (χ0) is 7.72. The fraction of sp³-hybridized carbons (Fsp3) is 0.500. The summed E-state index contributed by atoms with van der Waals surface area (Å²) in [5, 5.41) is 9.19. The quantitative estimate of drug-likeness (QED) is 0.545. The number of aliphatic hydroxyl groups is 1. The van der Waals surface area contributed by atoms with Gasteiger partial charge in [-0.3, -0.25) is 0 Å². The van der Waals surface area contributed by atoms with E-state index in [0.29, 0.717) is 0 Å². The van der Waals surface area contributed by atoms with Gasteiger partial charge in [0, 0.05) is 4.88 Å². The second kappa shape index (κ2) is 3.09. The molecule has 0 bridgehead atoms. The zero-order valence-electron chi connectivity index (χ0n) is 5.75. The summed E-state index contributed by atoms with van der Waals surface area (Å²) in [6, 6.07) is 0. The van der Waals surface area contributed by atoms with Gasteiger partial charge in [-0.1, -0.05) is 32.9 Å². The van der Waals surface area contributed by atoms with Crippen molar-refractivity contribution in [3.63, 3.8) is 0 Å². The van der Waals surface area contributed by atoms with Gasteiger partial charge in [0.2, 0.25) is 0 Å². The normalized spacial score (nSPS) is 13.5. The van der Waals surface area contributed by atoms with Crippen molar-refractivity contribution in [1.29, 1.82) is 0 Å². The van der Waals surface area contributed by atoms with Crippen molar-refractivity contribution < 1.29 is 5.11 Å². The lowest BCUT2D eigenvalue weighted by molar-refractivity contribution is 0.202. The minimum Gasteiger partial charge on any atom is -0.388 e. The van der Waals surface area contributed by atoms with Gasteiger partial charge in [-0.05, 0) is 19.4 Å². The van der Waals surface area contributed by atoms with E-state index >= 15 is 0 Å². The van der Waals surface area contributed by atoms with Crippen LogP contribution >= 0.6 is 32.9 Å². The van der Waals surface area contributed by atoms with Gasteiger partial charge in [-0.2, -0.15) is 0 Å². The smallest absolute Gasteiger partial charge is 0.105 e. The molecule has 1 atom stereocenters. The predicted molar refractivity (Wildman–Crippen MR) is 48.4 cm³/mol. The van der Waals surface area contributed by atoms with Crippen LogP contribution in [0.25, 0.3) is 0 Å². The molecule has 0 saturated heterocycles. The van der Waals surface area contributed by atoms with Crippen molar-refractivity contribution in [2.45, 2.75) is 20.0 Å². The average Bonchev–Trinajstić information content (AvgIpc) is 2.14. The van der Waals surface area contributed by atoms with E-state index in [0.717, 1.165) is 14.3 Å². The molecule has 1 rings (SSSR count). The van der Waals surface area contributed by atoms with Crippen LogP contribution < -0.4 is 0 Å². The Morgan fingerprint density at radius 2 is 2.10 bits per heavy atom. The number of hydrogen-bond donors (Lipinski definition) is 1. The Bertz CT molecular complexity index is 271. The maximum Gasteiger partial charge on any atom is 0.105 e. The SMILES string of the molecule is Cc1c(C(C)O)ssc1=S. The molecule has 1 aromatic heterocycles. The Morgan fingerprint density at radius 1 is 1.50 bits per heavy atom. The Hall–Kier alpha value is 0.230. The number of hydrogen-bond acceptors (Lipinski definition) is 4. The molecule has 1 aromatic rings. The van der Waals surface area contributed by atoms with Crippen LogP contribution in [0.15, 0.2) is 0 Å². The highest BCUT2D eigenvalue weighted by Crippen LogP contribution is 2.28. The van der Waals surface area contributed by atoms with Gasteiger partial charge in [0.05, 0.1) is 6.10 Å². The molecule has 0 fully saturated rings. The molecule has 0 spiro atoms. The Labute approximate surface area is 72.4 Å². The van der Waals surface area contributed by atoms with Crippen molar-refractivity contribution >= 4 is 32.9 Å². The van der Waals surface area contributed by atoms with Crippen molar-refractivity contribution in [1.82, 2.24) is 0 Å². The van der Waals surface area contributed by atoms with E-state index in [4.69, 9.17) is 12.2 Å². The number of rotatable bonds is 1. The second-order valence-corrected chi connectivity index (χ2v) is 4.97. The summed E-state index contributed by atoms with van der Waals surface area (Å²) in [6.07, 6.45) is -0.363. The Kier molecular flexibility index (Phi) is 2.57. The molecule has 10 heavy (non-hydrogen) atoms. The minimum absolute atomic E-state index is 0.363. The predicted octanol–water partition coefficient (Wildman–Crippen LogP) is 2.90. The van der Waals surface area contributed by atoms with Crippen LogP contribution in [0.2, 0.25) is 0 Å². The van der Waals surface area contributed by atoms with Crippen LogP contribution in [-0.4, -0.2) is 5.11 Å². The van der Waals surface area contributed by atoms with Crippen molar-refractivity contribution in [2.24, 2.45) is 0 Å². The van der Waals surface area contributed by atoms with Crippen LogP contribution in [0, 0.1) is 10.7 Å². The van der Waals surface area contributed by atoms with Crippen LogP contribution in [0.5, 0.6) is 0 Å². The van der Waals surface area contributed by atoms with E-state index in [2.05, 4.69) is 0 Å². The average molecular weight is 192 g/mol. The maximum atomic E-state index is 9.19. The highest BCUT2D eigenvalue weighted by molar-refractivity contribution is 7.79. The fourth-order valence-corrected chi connectivity index (χ4v) is 3.67. The van der Waals surface area contributed by atoms with E-state index in [-0.39, 0.29) is 6.10 Å². The molecule has 1 nitrogen and oxygen atoms in total. The zero-order valence-corrected chi connectivity index (χ0v) is 8.20. The van der Waals surface area contributed by atoms with Gasteiger partial charge >= 0.3 is 0 Å². The minimum atomic E-state index is -0.363. The lowest BCUT2D eigenvalue weighted by Gasteiger charge is -1.98. The fourth-order valence-electron chi connectivity index (χ4n) is 0.691. The first-order valence-corrected chi connectivity index (χ1v) is 5.46. The van der Waals surface area contributed by atoms with Crippen LogP contribution in [-0.2, 0) is 0 Å². The number of aliphatic hydroxyl groups excluding tert-OH is 1. The summed E-state index contributed by atoms with van der Waals surface area (Å²) in [5.41, 5.74) is 1.07. The first-order valence-electron chi connectivity index (χ1n) is 2.90. The molecular formula is C6H8OS3. The molecule has 0 saturated carbocycles. The van der Waals surface area contributed by atoms with Crippen molar-refractivity contribution in [3.05, 3.63) is 14.3 Å². The molecule has 0 aliphatic heterocycles. The molecule has 56 valence electrons. The van der Waals surface area contributed by atoms with E-state index in [1.165, 1.54) is 0 Å². The first kappa shape index (κ1) is 8.33. The third kappa shape index (κ3) is 1.45. The lowest BCUT2D eigenvalue weighted by atomic mass is 10.2. The lowest BCUT2D eigenvalue weighted by Crippen LogP contribution is -1.87. The van der Waals surface area contributed by atoms with E-state index in [9.17, 15) is 5.11 Å². The molecule has 0 radical (unpaired) electrons. The third-order valence-corrected chi connectivity index (χ3v) is 4.79. The molecule has 0 aliphatic rings. The highest BCUT2D eigenvalue weighted by Gasteiger charge is 2.07.